The van der Waals surface area contributed by atoms with Gasteiger partial charge >= 0.3 is 0 Å². The van der Waals surface area contributed by atoms with Crippen molar-refractivity contribution in [2.45, 2.75) is 0 Å². The molecule has 0 amide bonds. The van der Waals surface area contributed by atoms with Crippen LogP contribution in [-0.4, -0.2) is 11.6 Å². The van der Waals surface area contributed by atoms with E-state index in [9.17, 15) is 4.79 Å². The normalized spacial score (nSPS) is 8.33. The number of isothiocyanates is 1. The van der Waals surface area contributed by atoms with Crippen molar-refractivity contribution in [2.24, 2.45) is 4.99 Å². The predicted octanol–water partition coefficient (Wildman–Crippen LogP) is 1.96. The van der Waals surface area contributed by atoms with Crippen molar-refractivity contribution in [3.05, 3.63) is 24.3 Å². The summed E-state index contributed by atoms with van der Waals surface area (Å²) in [6, 6.07) is 6.81. The van der Waals surface area contributed by atoms with Gasteiger partial charge in [-0.15, -0.1) is 0 Å². The van der Waals surface area contributed by atoms with E-state index < -0.39 is 0 Å². The molecule has 1 aromatic rings. The predicted molar refractivity (Wildman–Crippen MR) is 47.8 cm³/mol. The summed E-state index contributed by atoms with van der Waals surface area (Å²) < 4.78 is 4.63. The number of nitrogens with zero attached hydrogens (tertiary/aromatic N) is 1. The molecule has 0 saturated heterocycles. The second kappa shape index (κ2) is 4.38. The third-order valence-electron chi connectivity index (χ3n) is 1.21. The fourth-order valence-electron chi connectivity index (χ4n) is 0.750. The second-order valence-electron chi connectivity index (χ2n) is 1.88. The molecule has 0 N–H and O–H groups in total. The van der Waals surface area contributed by atoms with Gasteiger partial charge in [-0.2, -0.15) is 4.99 Å². The topological polar surface area (TPSA) is 38.7 Å². The van der Waals surface area contributed by atoms with Crippen LogP contribution in [-0.2, 0) is 4.79 Å². The van der Waals surface area contributed by atoms with Crippen LogP contribution < -0.4 is 4.74 Å². The zero-order valence-corrected chi connectivity index (χ0v) is 6.88. The third-order valence-corrected chi connectivity index (χ3v) is 1.30. The molecule has 0 aliphatic heterocycles. The van der Waals surface area contributed by atoms with E-state index in [0.717, 1.165) is 0 Å². The van der Waals surface area contributed by atoms with Crippen LogP contribution in [0.2, 0.25) is 0 Å². The van der Waals surface area contributed by atoms with Crippen molar-refractivity contribution in [3.63, 3.8) is 0 Å². The van der Waals surface area contributed by atoms with Crippen LogP contribution in [0.15, 0.2) is 29.3 Å². The summed E-state index contributed by atoms with van der Waals surface area (Å²) in [5, 5.41) is 2.20. The van der Waals surface area contributed by atoms with E-state index in [-0.39, 0.29) is 0 Å². The fraction of sp³-hybridized carbons (Fsp3) is 0. The maximum absolute atomic E-state index is 10.0. The lowest BCUT2D eigenvalue weighted by atomic mass is 10.3. The Balaban J connectivity index is 3.07. The highest BCUT2D eigenvalue weighted by Crippen LogP contribution is 2.25. The van der Waals surface area contributed by atoms with Gasteiger partial charge in [-0.1, -0.05) is 12.1 Å². The summed E-state index contributed by atoms with van der Waals surface area (Å²) in [5.41, 5.74) is 0.500. The summed E-state index contributed by atoms with van der Waals surface area (Å²) in [7, 11) is 0. The average Bonchev–Trinajstić information content (AvgIpc) is 2.09. The molecule has 0 radical (unpaired) electrons. The monoisotopic (exact) mass is 179 g/mol. The van der Waals surface area contributed by atoms with Crippen LogP contribution in [0.3, 0.4) is 0 Å². The quantitative estimate of drug-likeness (QED) is 0.404. The molecule has 60 valence electrons. The van der Waals surface area contributed by atoms with Crippen LogP contribution >= 0.6 is 12.2 Å². The first kappa shape index (κ1) is 8.59. The lowest BCUT2D eigenvalue weighted by molar-refractivity contribution is -0.120. The molecular formula is C8H5NO2S. The number of hydrogen-bond donors (Lipinski definition) is 0. The van der Waals surface area contributed by atoms with Crippen molar-refractivity contribution >= 4 is 29.5 Å². The Morgan fingerprint density at radius 2 is 2.25 bits per heavy atom. The van der Waals surface area contributed by atoms with Crippen LogP contribution in [0.4, 0.5) is 5.69 Å². The Hall–Kier alpha value is -1.51. The van der Waals surface area contributed by atoms with Gasteiger partial charge in [-0.05, 0) is 24.4 Å². The Kier molecular flexibility index (Phi) is 3.14. The van der Waals surface area contributed by atoms with Crippen molar-refractivity contribution in [3.8, 4) is 5.75 Å². The van der Waals surface area contributed by atoms with Crippen LogP contribution in [0.5, 0.6) is 5.75 Å². The minimum Gasteiger partial charge on any atom is -0.426 e. The highest BCUT2D eigenvalue weighted by molar-refractivity contribution is 7.78. The first-order valence-electron chi connectivity index (χ1n) is 3.15. The lowest BCUT2D eigenvalue weighted by Crippen LogP contribution is -1.87. The number of carbonyl (C=O) groups is 1. The molecule has 0 aliphatic rings. The standard InChI is InChI=1S/C8H5NO2S/c10-6-11-8-4-2-1-3-7(8)9-5-12/h1-4,6H. The Labute approximate surface area is 74.7 Å². The number of hydrogen-bond acceptors (Lipinski definition) is 4. The highest BCUT2D eigenvalue weighted by atomic mass is 32.1. The minimum absolute atomic E-state index is 0.345. The Morgan fingerprint density at radius 3 is 2.92 bits per heavy atom. The van der Waals surface area contributed by atoms with Gasteiger partial charge < -0.3 is 4.74 Å². The molecule has 3 nitrogen and oxygen atoms in total. The van der Waals surface area contributed by atoms with E-state index >= 15 is 0 Å². The summed E-state index contributed by atoms with van der Waals surface area (Å²) in [5.74, 6) is 0.379. The fourth-order valence-corrected chi connectivity index (χ4v) is 0.849. The zero-order chi connectivity index (χ0) is 8.81. The number of ether oxygens (including phenoxy) is 1. The Morgan fingerprint density at radius 1 is 1.50 bits per heavy atom. The van der Waals surface area contributed by atoms with Crippen molar-refractivity contribution in [1.29, 1.82) is 0 Å². The SMILES string of the molecule is O=COc1ccccc1N=C=S. The number of rotatable bonds is 3. The van der Waals surface area contributed by atoms with Crippen molar-refractivity contribution in [2.75, 3.05) is 0 Å². The summed E-state index contributed by atoms with van der Waals surface area (Å²) >= 11 is 4.42. The summed E-state index contributed by atoms with van der Waals surface area (Å²) in [6.45, 7) is 0.345. The van der Waals surface area contributed by atoms with Crippen molar-refractivity contribution in [1.82, 2.24) is 0 Å². The molecule has 4 heteroatoms. The molecule has 12 heavy (non-hydrogen) atoms. The first-order chi connectivity index (χ1) is 5.88. The summed E-state index contributed by atoms with van der Waals surface area (Å²) in [6.07, 6.45) is 0. The lowest BCUT2D eigenvalue weighted by Gasteiger charge is -1.98. The molecule has 1 rings (SSSR count). The van der Waals surface area contributed by atoms with E-state index in [1.54, 1.807) is 24.3 Å². The first-order valence-corrected chi connectivity index (χ1v) is 3.56. The van der Waals surface area contributed by atoms with Crippen molar-refractivity contribution < 1.29 is 9.53 Å². The molecule has 0 saturated carbocycles. The molecule has 0 atom stereocenters. The summed E-state index contributed by atoms with van der Waals surface area (Å²) in [4.78, 5) is 13.7. The van der Waals surface area contributed by atoms with Gasteiger partial charge in [0, 0.05) is 0 Å². The Bertz CT molecular complexity index is 332. The van der Waals surface area contributed by atoms with E-state index in [4.69, 9.17) is 0 Å². The largest absolute Gasteiger partial charge is 0.426 e. The average molecular weight is 179 g/mol. The molecule has 0 fully saturated rings. The van der Waals surface area contributed by atoms with Gasteiger partial charge in [0.1, 0.15) is 5.69 Å². The number of thiocarbonyl (C=S) groups is 1. The molecule has 1 aromatic carbocycles. The smallest absolute Gasteiger partial charge is 0.298 e. The third kappa shape index (κ3) is 1.99. The van der Waals surface area contributed by atoms with Crippen LogP contribution in [0.1, 0.15) is 0 Å². The van der Waals surface area contributed by atoms with E-state index in [2.05, 4.69) is 27.1 Å². The van der Waals surface area contributed by atoms with Gasteiger partial charge in [0.25, 0.3) is 6.47 Å². The minimum atomic E-state index is 0.345. The van der Waals surface area contributed by atoms with Gasteiger partial charge in [0.15, 0.2) is 5.75 Å². The van der Waals surface area contributed by atoms with E-state index in [1.807, 2.05) is 0 Å². The zero-order valence-electron chi connectivity index (χ0n) is 6.06. The molecule has 0 unspecified atom stereocenters. The van der Waals surface area contributed by atoms with E-state index in [0.29, 0.717) is 17.9 Å². The number of aliphatic imine (C=N–C) groups is 1. The van der Waals surface area contributed by atoms with Gasteiger partial charge in [-0.25, -0.2) is 0 Å². The number of benzene rings is 1. The highest BCUT2D eigenvalue weighted by Gasteiger charge is 1.98. The van der Waals surface area contributed by atoms with Crippen LogP contribution in [0.25, 0.3) is 0 Å². The van der Waals surface area contributed by atoms with Crippen LogP contribution in [0, 0.1) is 0 Å². The molecule has 0 aliphatic carbocycles. The maximum Gasteiger partial charge on any atom is 0.298 e. The van der Waals surface area contributed by atoms with Gasteiger partial charge in [-0.3, -0.25) is 4.79 Å². The molecule has 0 spiro atoms. The maximum atomic E-state index is 10.0. The second-order valence-corrected chi connectivity index (χ2v) is 2.07. The van der Waals surface area contributed by atoms with Gasteiger partial charge in [0.05, 0.1) is 5.16 Å². The van der Waals surface area contributed by atoms with Gasteiger partial charge in [0.2, 0.25) is 0 Å². The molecule has 0 aromatic heterocycles. The molecule has 0 bridgehead atoms. The molecular weight excluding hydrogens is 174 g/mol. The molecule has 0 heterocycles. The number of para-hydroxylation sites is 2. The van der Waals surface area contributed by atoms with E-state index in [1.165, 1.54) is 0 Å². The number of carbonyl (C=O) groups excluding carboxylic acids is 1.